The van der Waals surface area contributed by atoms with Crippen LogP contribution in [0, 0.1) is 13.8 Å². The third-order valence-corrected chi connectivity index (χ3v) is 3.81. The van der Waals surface area contributed by atoms with E-state index < -0.39 is 0 Å². The lowest BCUT2D eigenvalue weighted by atomic mass is 10.1. The van der Waals surface area contributed by atoms with Gasteiger partial charge in [0.05, 0.1) is 0 Å². The van der Waals surface area contributed by atoms with Crippen LogP contribution in [0.5, 0.6) is 0 Å². The van der Waals surface area contributed by atoms with Gasteiger partial charge in [-0.25, -0.2) is 9.97 Å². The van der Waals surface area contributed by atoms with Gasteiger partial charge in [-0.15, -0.1) is 0 Å². The van der Waals surface area contributed by atoms with Crippen molar-refractivity contribution in [1.29, 1.82) is 0 Å². The monoisotopic (exact) mass is 324 g/mol. The van der Waals surface area contributed by atoms with Crippen LogP contribution in [-0.2, 0) is 6.42 Å². The molecule has 1 aromatic heterocycles. The normalized spacial score (nSPS) is 10.7. The number of halogens is 2. The molecule has 0 aliphatic rings. The van der Waals surface area contributed by atoms with Gasteiger partial charge in [0.25, 0.3) is 0 Å². The molecule has 1 aromatic carbocycles. The third kappa shape index (κ3) is 2.57. The first-order valence-electron chi connectivity index (χ1n) is 5.82. The first kappa shape index (κ1) is 13.5. The lowest BCUT2D eigenvalue weighted by Gasteiger charge is -2.09. The average Bonchev–Trinajstić information content (AvgIpc) is 2.32. The van der Waals surface area contributed by atoms with Crippen molar-refractivity contribution in [2.45, 2.75) is 27.2 Å². The predicted molar refractivity (Wildman–Crippen MR) is 79.0 cm³/mol. The van der Waals surface area contributed by atoms with Crippen LogP contribution in [-0.4, -0.2) is 9.97 Å². The maximum Gasteiger partial charge on any atom is 0.161 e. The molecule has 0 saturated carbocycles. The Kier molecular flexibility index (Phi) is 4.03. The SMILES string of the molecule is CCc1nc(-c2ccc(Br)cc2C)nc(Cl)c1C. The van der Waals surface area contributed by atoms with E-state index in [-0.39, 0.29) is 0 Å². The molecular formula is C14H14BrClN2. The van der Waals surface area contributed by atoms with Crippen molar-refractivity contribution < 1.29 is 0 Å². The molecule has 4 heteroatoms. The fourth-order valence-corrected chi connectivity index (χ4v) is 2.54. The Labute approximate surface area is 121 Å². The van der Waals surface area contributed by atoms with Crippen LogP contribution in [0.3, 0.4) is 0 Å². The Bertz CT molecular complexity index is 597. The van der Waals surface area contributed by atoms with E-state index in [1.165, 1.54) is 0 Å². The quantitative estimate of drug-likeness (QED) is 0.745. The summed E-state index contributed by atoms with van der Waals surface area (Å²) < 4.78 is 1.05. The zero-order valence-corrected chi connectivity index (χ0v) is 12.9. The molecular weight excluding hydrogens is 312 g/mol. The number of hydrogen-bond donors (Lipinski definition) is 0. The largest absolute Gasteiger partial charge is 0.233 e. The lowest BCUT2D eigenvalue weighted by molar-refractivity contribution is 0.975. The summed E-state index contributed by atoms with van der Waals surface area (Å²) in [5.74, 6) is 0.701. The molecule has 0 radical (unpaired) electrons. The molecule has 1 heterocycles. The molecule has 94 valence electrons. The molecule has 0 spiro atoms. The molecule has 0 fully saturated rings. The van der Waals surface area contributed by atoms with Crippen molar-refractivity contribution in [3.63, 3.8) is 0 Å². The zero-order chi connectivity index (χ0) is 13.3. The van der Waals surface area contributed by atoms with Gasteiger partial charge in [0, 0.05) is 21.3 Å². The molecule has 2 rings (SSSR count). The van der Waals surface area contributed by atoms with Crippen LogP contribution in [0.25, 0.3) is 11.4 Å². The van der Waals surface area contributed by atoms with E-state index in [1.807, 2.05) is 26.0 Å². The van der Waals surface area contributed by atoms with Crippen molar-refractivity contribution in [3.05, 3.63) is 44.6 Å². The lowest BCUT2D eigenvalue weighted by Crippen LogP contribution is -2.00. The first-order valence-corrected chi connectivity index (χ1v) is 6.99. The van der Waals surface area contributed by atoms with Gasteiger partial charge in [0.1, 0.15) is 5.15 Å². The van der Waals surface area contributed by atoms with Crippen molar-refractivity contribution in [3.8, 4) is 11.4 Å². The minimum absolute atomic E-state index is 0.541. The second-order valence-electron chi connectivity index (χ2n) is 4.22. The Morgan fingerprint density at radius 3 is 2.56 bits per heavy atom. The van der Waals surface area contributed by atoms with Crippen LogP contribution < -0.4 is 0 Å². The molecule has 2 nitrogen and oxygen atoms in total. The van der Waals surface area contributed by atoms with Crippen LogP contribution in [0.2, 0.25) is 5.15 Å². The molecule has 0 atom stereocenters. The summed E-state index contributed by atoms with van der Waals surface area (Å²) in [6.07, 6.45) is 0.858. The van der Waals surface area contributed by atoms with Crippen molar-refractivity contribution in [1.82, 2.24) is 9.97 Å². The number of rotatable bonds is 2. The maximum atomic E-state index is 6.17. The van der Waals surface area contributed by atoms with E-state index in [0.717, 1.165) is 33.3 Å². The van der Waals surface area contributed by atoms with E-state index in [1.54, 1.807) is 0 Å². The zero-order valence-electron chi connectivity index (χ0n) is 10.6. The predicted octanol–water partition coefficient (Wildman–Crippen LogP) is 4.74. The standard InChI is InChI=1S/C14H14BrClN2/c1-4-12-9(3)13(16)18-14(17-12)11-6-5-10(15)7-8(11)2/h5-7H,4H2,1-3H3. The summed E-state index contributed by atoms with van der Waals surface area (Å²) in [5.41, 5.74) is 4.13. The summed E-state index contributed by atoms with van der Waals surface area (Å²) in [7, 11) is 0. The molecule has 0 amide bonds. The molecule has 2 aromatic rings. The fraction of sp³-hybridized carbons (Fsp3) is 0.286. The van der Waals surface area contributed by atoms with Crippen LogP contribution in [0.1, 0.15) is 23.7 Å². The smallest absolute Gasteiger partial charge is 0.161 e. The number of benzene rings is 1. The van der Waals surface area contributed by atoms with Crippen molar-refractivity contribution >= 4 is 27.5 Å². The van der Waals surface area contributed by atoms with Crippen LogP contribution >= 0.6 is 27.5 Å². The Balaban J connectivity index is 2.60. The molecule has 0 aliphatic heterocycles. The number of hydrogen-bond acceptors (Lipinski definition) is 2. The van der Waals surface area contributed by atoms with Gasteiger partial charge in [-0.3, -0.25) is 0 Å². The highest BCUT2D eigenvalue weighted by molar-refractivity contribution is 9.10. The molecule has 0 unspecified atom stereocenters. The van der Waals surface area contributed by atoms with E-state index in [9.17, 15) is 0 Å². The van der Waals surface area contributed by atoms with E-state index in [0.29, 0.717) is 11.0 Å². The Hall–Kier alpha value is -0.930. The van der Waals surface area contributed by atoms with Crippen molar-refractivity contribution in [2.24, 2.45) is 0 Å². The third-order valence-electron chi connectivity index (χ3n) is 2.95. The maximum absolute atomic E-state index is 6.17. The average molecular weight is 326 g/mol. The van der Waals surface area contributed by atoms with Crippen molar-refractivity contribution in [2.75, 3.05) is 0 Å². The van der Waals surface area contributed by atoms with E-state index >= 15 is 0 Å². The molecule has 0 N–H and O–H groups in total. The van der Waals surface area contributed by atoms with Gasteiger partial charge in [-0.05, 0) is 44.0 Å². The number of nitrogens with zero attached hydrogens (tertiary/aromatic N) is 2. The number of aromatic nitrogens is 2. The summed E-state index contributed by atoms with van der Waals surface area (Å²) in [4.78, 5) is 8.98. The fourth-order valence-electron chi connectivity index (χ4n) is 1.88. The summed E-state index contributed by atoms with van der Waals surface area (Å²) in [6, 6.07) is 6.06. The van der Waals surface area contributed by atoms with Gasteiger partial charge < -0.3 is 0 Å². The highest BCUT2D eigenvalue weighted by atomic mass is 79.9. The highest BCUT2D eigenvalue weighted by Gasteiger charge is 2.11. The Morgan fingerprint density at radius 1 is 1.22 bits per heavy atom. The summed E-state index contributed by atoms with van der Waals surface area (Å²) >= 11 is 9.63. The first-order chi connectivity index (χ1) is 8.52. The van der Waals surface area contributed by atoms with Gasteiger partial charge in [-0.2, -0.15) is 0 Å². The Morgan fingerprint density at radius 2 is 1.94 bits per heavy atom. The molecule has 0 bridgehead atoms. The van der Waals surface area contributed by atoms with Gasteiger partial charge in [0.15, 0.2) is 5.82 Å². The highest BCUT2D eigenvalue weighted by Crippen LogP contribution is 2.26. The summed E-state index contributed by atoms with van der Waals surface area (Å²) in [6.45, 7) is 6.08. The van der Waals surface area contributed by atoms with Crippen LogP contribution in [0.4, 0.5) is 0 Å². The molecule has 0 saturated heterocycles. The second kappa shape index (κ2) is 5.37. The van der Waals surface area contributed by atoms with Gasteiger partial charge in [0.2, 0.25) is 0 Å². The van der Waals surface area contributed by atoms with Gasteiger partial charge in [-0.1, -0.05) is 34.5 Å². The second-order valence-corrected chi connectivity index (χ2v) is 5.50. The van der Waals surface area contributed by atoms with Crippen LogP contribution in [0.15, 0.2) is 22.7 Å². The molecule has 0 aliphatic carbocycles. The van der Waals surface area contributed by atoms with Gasteiger partial charge >= 0.3 is 0 Å². The summed E-state index contributed by atoms with van der Waals surface area (Å²) in [5, 5.41) is 0.541. The topological polar surface area (TPSA) is 25.8 Å². The van der Waals surface area contributed by atoms with E-state index in [4.69, 9.17) is 11.6 Å². The van der Waals surface area contributed by atoms with E-state index in [2.05, 4.69) is 38.9 Å². The number of aryl methyl sites for hydroxylation is 2. The minimum Gasteiger partial charge on any atom is -0.233 e. The molecule has 18 heavy (non-hydrogen) atoms. The minimum atomic E-state index is 0.541.